The maximum absolute atomic E-state index is 13.0. The number of alkyl halides is 3. The van der Waals surface area contributed by atoms with Crippen molar-refractivity contribution < 1.29 is 22.8 Å². The molecule has 1 aliphatic carbocycles. The average Bonchev–Trinajstić information content (AvgIpc) is 2.92. The van der Waals surface area contributed by atoms with Gasteiger partial charge in [-0.05, 0) is 31.0 Å². The van der Waals surface area contributed by atoms with Crippen LogP contribution < -0.4 is 4.90 Å². The summed E-state index contributed by atoms with van der Waals surface area (Å²) in [5.41, 5.74) is -0.577. The van der Waals surface area contributed by atoms with E-state index in [1.165, 1.54) is 17.0 Å². The van der Waals surface area contributed by atoms with Crippen LogP contribution in [0, 0.1) is 5.41 Å². The highest BCUT2D eigenvalue weighted by molar-refractivity contribution is 6.05. The molecule has 2 saturated heterocycles. The summed E-state index contributed by atoms with van der Waals surface area (Å²) in [7, 11) is 0. The molecule has 1 aromatic carbocycles. The van der Waals surface area contributed by atoms with Gasteiger partial charge in [-0.2, -0.15) is 13.2 Å². The largest absolute Gasteiger partial charge is 0.416 e. The van der Waals surface area contributed by atoms with Crippen LogP contribution in [-0.2, 0) is 15.8 Å². The lowest BCUT2D eigenvalue weighted by Gasteiger charge is -2.38. The Morgan fingerprint density at radius 1 is 0.967 bits per heavy atom. The predicted octanol–water partition coefficient (Wildman–Crippen LogP) is 3.92. The Morgan fingerprint density at radius 3 is 2.27 bits per heavy atom. The number of hydrogen-bond acceptors (Lipinski definition) is 4. The Hall–Kier alpha value is -1.80. The highest BCUT2D eigenvalue weighted by Crippen LogP contribution is 2.45. The van der Waals surface area contributed by atoms with E-state index in [9.17, 15) is 22.8 Å². The monoisotopic (exact) mass is 445 g/mol. The maximum Gasteiger partial charge on any atom is 0.416 e. The molecule has 0 radical (unpaired) electrons. The van der Waals surface area contributed by atoms with Crippen molar-refractivity contribution in [3.63, 3.8) is 0 Å². The zero-order chi connectivity index (χ0) is 20.6. The van der Waals surface area contributed by atoms with E-state index in [1.54, 1.807) is 6.07 Å². The van der Waals surface area contributed by atoms with Gasteiger partial charge in [-0.15, -0.1) is 12.4 Å². The van der Waals surface area contributed by atoms with Crippen LogP contribution in [0.4, 0.5) is 18.9 Å². The zero-order valence-electron chi connectivity index (χ0n) is 16.8. The first-order valence-corrected chi connectivity index (χ1v) is 10.3. The van der Waals surface area contributed by atoms with Gasteiger partial charge in [0.25, 0.3) is 0 Å². The number of rotatable bonds is 3. The number of hydrogen-bond donors (Lipinski definition) is 0. The van der Waals surface area contributed by atoms with Crippen molar-refractivity contribution in [2.24, 2.45) is 5.41 Å². The Morgan fingerprint density at radius 2 is 1.63 bits per heavy atom. The van der Waals surface area contributed by atoms with Crippen LogP contribution in [0.3, 0.4) is 0 Å². The van der Waals surface area contributed by atoms with Gasteiger partial charge in [0.1, 0.15) is 0 Å². The Labute approximate surface area is 180 Å². The third-order valence-corrected chi connectivity index (χ3v) is 6.55. The number of carbonyl (C=O) groups excluding carboxylic acids is 2. The third-order valence-electron chi connectivity index (χ3n) is 6.55. The summed E-state index contributed by atoms with van der Waals surface area (Å²) in [4.78, 5) is 30.8. The number of likely N-dealkylation sites (tertiary alicyclic amines) is 1. The molecule has 3 fully saturated rings. The molecule has 2 amide bonds. The molecule has 1 aromatic rings. The molecule has 0 N–H and O–H groups in total. The molecule has 1 spiro atoms. The van der Waals surface area contributed by atoms with Crippen LogP contribution in [0.1, 0.15) is 44.1 Å². The molecule has 1 saturated carbocycles. The van der Waals surface area contributed by atoms with Gasteiger partial charge in [-0.25, -0.2) is 0 Å². The van der Waals surface area contributed by atoms with Crippen LogP contribution in [0.25, 0.3) is 0 Å². The number of imide groups is 1. The lowest BCUT2D eigenvalue weighted by molar-refractivity contribution is -0.144. The second kappa shape index (κ2) is 8.75. The van der Waals surface area contributed by atoms with Crippen LogP contribution >= 0.6 is 12.4 Å². The fraction of sp³-hybridized carbons (Fsp3) is 0.619. The second-order valence-corrected chi connectivity index (χ2v) is 8.44. The van der Waals surface area contributed by atoms with E-state index in [-0.39, 0.29) is 30.9 Å². The van der Waals surface area contributed by atoms with Crippen molar-refractivity contribution in [2.75, 3.05) is 37.7 Å². The fourth-order valence-electron chi connectivity index (χ4n) is 4.85. The van der Waals surface area contributed by atoms with Crippen molar-refractivity contribution in [3.8, 4) is 0 Å². The molecular weight excluding hydrogens is 419 g/mol. The number of amides is 2. The average molecular weight is 446 g/mol. The Balaban J connectivity index is 0.00000256. The summed E-state index contributed by atoms with van der Waals surface area (Å²) in [6.07, 6.45) is 0.708. The fourth-order valence-corrected chi connectivity index (χ4v) is 4.85. The summed E-state index contributed by atoms with van der Waals surface area (Å²) >= 11 is 0. The molecule has 0 bridgehead atoms. The van der Waals surface area contributed by atoms with E-state index in [0.717, 1.165) is 38.2 Å². The number of benzene rings is 1. The molecule has 3 aliphatic rings. The molecule has 9 heteroatoms. The minimum atomic E-state index is -4.36. The summed E-state index contributed by atoms with van der Waals surface area (Å²) < 4.78 is 38.9. The van der Waals surface area contributed by atoms with Crippen molar-refractivity contribution in [1.29, 1.82) is 0 Å². The molecule has 4 rings (SSSR count). The van der Waals surface area contributed by atoms with Crippen LogP contribution in [0.15, 0.2) is 24.3 Å². The van der Waals surface area contributed by atoms with Gasteiger partial charge in [0.15, 0.2) is 0 Å². The van der Waals surface area contributed by atoms with Gasteiger partial charge in [-0.3, -0.25) is 19.4 Å². The maximum atomic E-state index is 13.0. The van der Waals surface area contributed by atoms with Gasteiger partial charge in [0.2, 0.25) is 11.8 Å². The second-order valence-electron chi connectivity index (χ2n) is 8.44. The first-order chi connectivity index (χ1) is 13.8. The topological polar surface area (TPSA) is 43.9 Å². The molecule has 0 unspecified atom stereocenters. The van der Waals surface area contributed by atoms with Crippen LogP contribution in [0.5, 0.6) is 0 Å². The summed E-state index contributed by atoms with van der Waals surface area (Å²) in [6.45, 7) is 2.60. The molecule has 166 valence electrons. The van der Waals surface area contributed by atoms with Gasteiger partial charge in [-0.1, -0.05) is 25.3 Å². The van der Waals surface area contributed by atoms with Crippen LogP contribution in [0.2, 0.25) is 0 Å². The van der Waals surface area contributed by atoms with Crippen molar-refractivity contribution in [1.82, 2.24) is 9.80 Å². The molecular formula is C21H27ClF3N3O2. The number of anilines is 1. The molecule has 2 heterocycles. The van der Waals surface area contributed by atoms with Crippen LogP contribution in [-0.4, -0.2) is 54.5 Å². The lowest BCUT2D eigenvalue weighted by Crippen LogP contribution is -2.51. The van der Waals surface area contributed by atoms with Gasteiger partial charge in [0.05, 0.1) is 17.6 Å². The van der Waals surface area contributed by atoms with E-state index in [4.69, 9.17) is 0 Å². The SMILES string of the molecule is Cl.O=C1CC2(CCCCC2)C(=O)N1CN1CCN(c2cccc(C(F)(F)F)c2)CC1. The van der Waals surface area contributed by atoms with Crippen molar-refractivity contribution in [3.05, 3.63) is 29.8 Å². The first kappa shape index (κ1) is 22.9. The van der Waals surface area contributed by atoms with Gasteiger partial charge >= 0.3 is 6.18 Å². The normalized spacial score (nSPS) is 22.5. The molecule has 0 atom stereocenters. The standard InChI is InChI=1S/C21H26F3N3O2.ClH/c22-21(23,24)16-5-4-6-17(13-16)26-11-9-25(10-12-26)15-27-18(28)14-20(19(27)29)7-2-1-3-8-20;/h4-6,13H,1-3,7-12,14-15H2;1H. The van der Waals surface area contributed by atoms with Gasteiger partial charge in [0, 0.05) is 38.3 Å². The molecule has 0 aromatic heterocycles. The van der Waals surface area contributed by atoms with E-state index in [0.29, 0.717) is 38.3 Å². The summed E-state index contributed by atoms with van der Waals surface area (Å²) in [5.74, 6) is -0.111. The van der Waals surface area contributed by atoms with E-state index < -0.39 is 17.2 Å². The highest BCUT2D eigenvalue weighted by Gasteiger charge is 2.51. The third kappa shape index (κ3) is 4.44. The summed E-state index contributed by atoms with van der Waals surface area (Å²) in [5, 5.41) is 0. The van der Waals surface area contributed by atoms with Gasteiger partial charge < -0.3 is 4.90 Å². The zero-order valence-corrected chi connectivity index (χ0v) is 17.6. The molecule has 5 nitrogen and oxygen atoms in total. The first-order valence-electron chi connectivity index (χ1n) is 10.3. The predicted molar refractivity (Wildman–Crippen MR) is 109 cm³/mol. The smallest absolute Gasteiger partial charge is 0.369 e. The Bertz CT molecular complexity index is 788. The Kier molecular flexibility index (Phi) is 6.67. The minimum Gasteiger partial charge on any atom is -0.369 e. The minimum absolute atomic E-state index is 0. The molecule has 30 heavy (non-hydrogen) atoms. The lowest BCUT2D eigenvalue weighted by atomic mass is 9.73. The van der Waals surface area contributed by atoms with E-state index >= 15 is 0 Å². The highest BCUT2D eigenvalue weighted by atomic mass is 35.5. The van der Waals surface area contributed by atoms with E-state index in [1.807, 2.05) is 9.80 Å². The number of carbonyl (C=O) groups is 2. The van der Waals surface area contributed by atoms with Crippen molar-refractivity contribution >= 4 is 29.9 Å². The van der Waals surface area contributed by atoms with Crippen molar-refractivity contribution in [2.45, 2.75) is 44.7 Å². The summed E-state index contributed by atoms with van der Waals surface area (Å²) in [6, 6.07) is 5.36. The van der Waals surface area contributed by atoms with E-state index in [2.05, 4.69) is 0 Å². The number of halogens is 4. The number of piperazine rings is 1. The quantitative estimate of drug-likeness (QED) is 0.661. The molecule has 2 aliphatic heterocycles. The number of nitrogens with zero attached hydrogens (tertiary/aromatic N) is 3.